The van der Waals surface area contributed by atoms with Crippen LogP contribution >= 0.6 is 11.8 Å². The number of rotatable bonds is 3. The molecule has 0 atom stereocenters. The van der Waals surface area contributed by atoms with Gasteiger partial charge < -0.3 is 0 Å². The summed E-state index contributed by atoms with van der Waals surface area (Å²) in [5.74, 6) is 0. The molecule has 2 heterocycles. The topological polar surface area (TPSA) is 56.5 Å². The van der Waals surface area contributed by atoms with Crippen molar-refractivity contribution < 1.29 is 13.2 Å². The highest BCUT2D eigenvalue weighted by Gasteiger charge is 2.30. The molecule has 0 aliphatic heterocycles. The fourth-order valence-corrected chi connectivity index (χ4v) is 2.70. The third kappa shape index (κ3) is 3.40. The molecule has 0 saturated carbocycles. The Bertz CT molecular complexity index is 858. The van der Waals surface area contributed by atoms with E-state index in [1.807, 2.05) is 32.0 Å². The summed E-state index contributed by atoms with van der Waals surface area (Å²) in [5, 5.41) is 12.3. The number of aryl methyl sites for hydroxylation is 2. The Balaban J connectivity index is 1.87. The second-order valence-corrected chi connectivity index (χ2v) is 6.11. The molecular formula is C15H12F3N5S. The van der Waals surface area contributed by atoms with Gasteiger partial charge in [0, 0.05) is 6.20 Å². The second kappa shape index (κ2) is 6.23. The molecule has 1 aromatic carbocycles. The lowest BCUT2D eigenvalue weighted by atomic mass is 10.1. The first kappa shape index (κ1) is 16.4. The lowest BCUT2D eigenvalue weighted by molar-refractivity contribution is -0.137. The highest BCUT2D eigenvalue weighted by atomic mass is 32.2. The summed E-state index contributed by atoms with van der Waals surface area (Å²) in [6, 6.07) is 8.06. The van der Waals surface area contributed by atoms with E-state index in [0.717, 1.165) is 40.8 Å². The summed E-state index contributed by atoms with van der Waals surface area (Å²) in [5.41, 5.74) is 2.22. The van der Waals surface area contributed by atoms with Crippen LogP contribution in [-0.4, -0.2) is 25.2 Å². The molecule has 3 aromatic rings. The van der Waals surface area contributed by atoms with Crippen LogP contribution in [0.1, 0.15) is 16.7 Å². The van der Waals surface area contributed by atoms with E-state index in [2.05, 4.69) is 20.5 Å². The maximum atomic E-state index is 12.6. The van der Waals surface area contributed by atoms with Gasteiger partial charge in [0.1, 0.15) is 5.03 Å². The van der Waals surface area contributed by atoms with E-state index in [0.29, 0.717) is 10.2 Å². The minimum atomic E-state index is -4.41. The van der Waals surface area contributed by atoms with Crippen LogP contribution in [0.4, 0.5) is 13.2 Å². The maximum absolute atomic E-state index is 12.6. The summed E-state index contributed by atoms with van der Waals surface area (Å²) in [4.78, 5) is 3.82. The first-order valence-electron chi connectivity index (χ1n) is 6.92. The van der Waals surface area contributed by atoms with Crippen LogP contribution in [0.5, 0.6) is 0 Å². The molecule has 9 heteroatoms. The van der Waals surface area contributed by atoms with Gasteiger partial charge in [0.15, 0.2) is 0 Å². The van der Waals surface area contributed by atoms with Crippen LogP contribution in [0, 0.1) is 13.8 Å². The molecular weight excluding hydrogens is 339 g/mol. The first-order chi connectivity index (χ1) is 11.3. The molecule has 0 unspecified atom stereocenters. The number of nitrogens with zero attached hydrogens (tertiary/aromatic N) is 5. The van der Waals surface area contributed by atoms with Gasteiger partial charge in [-0.3, -0.25) is 0 Å². The highest BCUT2D eigenvalue weighted by molar-refractivity contribution is 7.99. The van der Waals surface area contributed by atoms with Gasteiger partial charge in [-0.1, -0.05) is 6.07 Å². The summed E-state index contributed by atoms with van der Waals surface area (Å²) < 4.78 is 39.2. The molecule has 0 bridgehead atoms. The van der Waals surface area contributed by atoms with Crippen molar-refractivity contribution in [2.75, 3.05) is 0 Å². The minimum absolute atomic E-state index is 0.378. The van der Waals surface area contributed by atoms with Crippen LogP contribution in [0.25, 0.3) is 5.69 Å². The summed E-state index contributed by atoms with van der Waals surface area (Å²) in [7, 11) is 0. The Morgan fingerprint density at radius 2 is 1.83 bits per heavy atom. The number of hydrogen-bond donors (Lipinski definition) is 0. The van der Waals surface area contributed by atoms with Gasteiger partial charge in [-0.05, 0) is 71.4 Å². The first-order valence-corrected chi connectivity index (χ1v) is 7.73. The summed E-state index contributed by atoms with van der Waals surface area (Å²) in [6.07, 6.45) is -3.61. The number of tetrazole rings is 1. The van der Waals surface area contributed by atoms with Crippen molar-refractivity contribution in [1.82, 2.24) is 25.2 Å². The van der Waals surface area contributed by atoms with Gasteiger partial charge in [-0.2, -0.15) is 17.9 Å². The smallest absolute Gasteiger partial charge is 0.249 e. The van der Waals surface area contributed by atoms with Crippen LogP contribution in [0.15, 0.2) is 46.7 Å². The fraction of sp³-hybridized carbons (Fsp3) is 0.200. The molecule has 0 aliphatic rings. The summed E-state index contributed by atoms with van der Waals surface area (Å²) in [6.45, 7) is 3.98. The van der Waals surface area contributed by atoms with Gasteiger partial charge in [-0.25, -0.2) is 4.98 Å². The lowest BCUT2D eigenvalue weighted by Gasteiger charge is -2.08. The normalized spacial score (nSPS) is 11.7. The molecule has 0 spiro atoms. The zero-order valence-electron chi connectivity index (χ0n) is 12.7. The van der Waals surface area contributed by atoms with E-state index in [9.17, 15) is 13.2 Å². The third-order valence-corrected chi connectivity index (χ3v) is 4.32. The van der Waals surface area contributed by atoms with Crippen molar-refractivity contribution >= 4 is 11.8 Å². The predicted molar refractivity (Wildman–Crippen MR) is 82.0 cm³/mol. The van der Waals surface area contributed by atoms with E-state index in [1.54, 1.807) is 0 Å². The average Bonchev–Trinajstić information content (AvgIpc) is 2.98. The fourth-order valence-electron chi connectivity index (χ4n) is 1.96. The van der Waals surface area contributed by atoms with Gasteiger partial charge in [0.25, 0.3) is 0 Å². The SMILES string of the molecule is Cc1ccc(-n2nnnc2Sc2ccc(C(F)(F)F)cn2)cc1C. The van der Waals surface area contributed by atoms with Crippen molar-refractivity contribution in [3.8, 4) is 5.69 Å². The monoisotopic (exact) mass is 351 g/mol. The molecule has 0 aliphatic carbocycles. The van der Waals surface area contributed by atoms with Crippen molar-refractivity contribution in [2.45, 2.75) is 30.2 Å². The van der Waals surface area contributed by atoms with E-state index < -0.39 is 11.7 Å². The van der Waals surface area contributed by atoms with Crippen molar-refractivity contribution in [3.05, 3.63) is 53.2 Å². The largest absolute Gasteiger partial charge is 0.417 e. The van der Waals surface area contributed by atoms with Crippen molar-refractivity contribution in [2.24, 2.45) is 0 Å². The molecule has 0 fully saturated rings. The number of benzene rings is 1. The van der Waals surface area contributed by atoms with Crippen LogP contribution in [0.2, 0.25) is 0 Å². The molecule has 2 aromatic heterocycles. The zero-order valence-corrected chi connectivity index (χ0v) is 13.6. The zero-order chi connectivity index (χ0) is 17.3. The standard InChI is InChI=1S/C15H12F3N5S/c1-9-3-5-12(7-10(9)2)23-14(20-21-22-23)24-13-6-4-11(8-19-13)15(16,17)18/h3-8H,1-2H3. The lowest BCUT2D eigenvalue weighted by Crippen LogP contribution is -2.05. The van der Waals surface area contributed by atoms with Crippen molar-refractivity contribution in [1.29, 1.82) is 0 Å². The van der Waals surface area contributed by atoms with Gasteiger partial charge >= 0.3 is 6.18 Å². The van der Waals surface area contributed by atoms with Gasteiger partial charge in [-0.15, -0.1) is 5.10 Å². The third-order valence-electron chi connectivity index (χ3n) is 3.44. The molecule has 24 heavy (non-hydrogen) atoms. The molecule has 0 N–H and O–H groups in total. The van der Waals surface area contributed by atoms with Gasteiger partial charge in [0.2, 0.25) is 5.16 Å². The van der Waals surface area contributed by atoms with E-state index in [-0.39, 0.29) is 0 Å². The van der Waals surface area contributed by atoms with Crippen LogP contribution in [-0.2, 0) is 6.18 Å². The molecule has 0 saturated heterocycles. The molecule has 3 rings (SSSR count). The number of halogens is 3. The number of pyridine rings is 1. The molecule has 124 valence electrons. The molecule has 5 nitrogen and oxygen atoms in total. The van der Waals surface area contributed by atoms with Crippen LogP contribution in [0.3, 0.4) is 0 Å². The molecule has 0 amide bonds. The predicted octanol–water partition coefficient (Wildman–Crippen LogP) is 3.84. The maximum Gasteiger partial charge on any atom is 0.417 e. The average molecular weight is 351 g/mol. The Morgan fingerprint density at radius 3 is 2.46 bits per heavy atom. The van der Waals surface area contributed by atoms with Gasteiger partial charge in [0.05, 0.1) is 11.3 Å². The minimum Gasteiger partial charge on any atom is -0.249 e. The number of aromatic nitrogens is 5. The quantitative estimate of drug-likeness (QED) is 0.717. The highest BCUT2D eigenvalue weighted by Crippen LogP contribution is 2.31. The van der Waals surface area contributed by atoms with E-state index in [1.165, 1.54) is 10.7 Å². The Morgan fingerprint density at radius 1 is 1.04 bits per heavy atom. The number of hydrogen-bond acceptors (Lipinski definition) is 5. The summed E-state index contributed by atoms with van der Waals surface area (Å²) >= 11 is 1.09. The van der Waals surface area contributed by atoms with Crippen LogP contribution < -0.4 is 0 Å². The number of alkyl halides is 3. The Labute approximate surface area is 139 Å². The Hall–Kier alpha value is -2.42. The second-order valence-electron chi connectivity index (χ2n) is 5.13. The van der Waals surface area contributed by atoms with E-state index in [4.69, 9.17) is 0 Å². The molecule has 0 radical (unpaired) electrons. The Kier molecular flexibility index (Phi) is 4.27. The van der Waals surface area contributed by atoms with Crippen molar-refractivity contribution in [3.63, 3.8) is 0 Å². The van der Waals surface area contributed by atoms with E-state index >= 15 is 0 Å².